The van der Waals surface area contributed by atoms with Crippen LogP contribution >= 0.6 is 11.3 Å². The van der Waals surface area contributed by atoms with Crippen LogP contribution < -0.4 is 0 Å². The van der Waals surface area contributed by atoms with Crippen molar-refractivity contribution >= 4 is 55.2 Å². The zero-order valence-corrected chi connectivity index (χ0v) is 23.6. The average Bonchev–Trinajstić information content (AvgIpc) is 3.59. The number of sulfone groups is 1. The van der Waals surface area contributed by atoms with Crippen molar-refractivity contribution in [2.75, 3.05) is 12.9 Å². The molecular formula is C27H25N3O8S2. The van der Waals surface area contributed by atoms with Crippen LogP contribution in [0, 0.1) is 18.8 Å². The van der Waals surface area contributed by atoms with Crippen molar-refractivity contribution in [3.63, 3.8) is 0 Å². The number of aliphatic hydroxyl groups excluding tert-OH is 1. The van der Waals surface area contributed by atoms with Crippen LogP contribution in [-0.4, -0.2) is 70.7 Å². The Hall–Kier alpha value is -3.81. The smallest absolute Gasteiger partial charge is 0.355 e. The van der Waals surface area contributed by atoms with Crippen LogP contribution in [0.1, 0.15) is 40.5 Å². The van der Waals surface area contributed by atoms with Crippen molar-refractivity contribution in [3.8, 4) is 0 Å². The number of esters is 2. The summed E-state index contributed by atoms with van der Waals surface area (Å²) in [7, 11) is -3.61. The molecule has 11 nitrogen and oxygen atoms in total. The van der Waals surface area contributed by atoms with Gasteiger partial charge in [-0.05, 0) is 26.0 Å². The highest BCUT2D eigenvalue weighted by molar-refractivity contribution is 7.91. The van der Waals surface area contributed by atoms with Gasteiger partial charge in [0.1, 0.15) is 28.7 Å². The third kappa shape index (κ3) is 3.83. The first-order valence-corrected chi connectivity index (χ1v) is 15.2. The molecule has 13 heteroatoms. The highest BCUT2D eigenvalue weighted by Crippen LogP contribution is 2.52. The summed E-state index contributed by atoms with van der Waals surface area (Å²) in [4.78, 5) is 45.3. The lowest BCUT2D eigenvalue weighted by molar-refractivity contribution is -0.164. The van der Waals surface area contributed by atoms with Crippen molar-refractivity contribution < 1.29 is 37.4 Å². The average molecular weight is 584 g/mol. The predicted octanol–water partition coefficient (Wildman–Crippen LogP) is 2.43. The lowest BCUT2D eigenvalue weighted by Gasteiger charge is -2.46. The van der Waals surface area contributed by atoms with Gasteiger partial charge in [-0.1, -0.05) is 25.1 Å². The summed E-state index contributed by atoms with van der Waals surface area (Å²) >= 11 is 1.16. The Labute approximate surface area is 233 Å². The number of benzene rings is 1. The van der Waals surface area contributed by atoms with Crippen LogP contribution in [0.3, 0.4) is 0 Å². The number of aryl methyl sites for hydroxylation is 1. The van der Waals surface area contributed by atoms with Crippen molar-refractivity contribution in [3.05, 3.63) is 64.1 Å². The van der Waals surface area contributed by atoms with Crippen LogP contribution in [0.5, 0.6) is 0 Å². The van der Waals surface area contributed by atoms with Gasteiger partial charge in [0.15, 0.2) is 14.9 Å². The monoisotopic (exact) mass is 583 g/mol. The molecule has 6 rings (SSSR count). The van der Waals surface area contributed by atoms with Gasteiger partial charge in [-0.3, -0.25) is 9.20 Å². The Bertz CT molecular complexity index is 1800. The third-order valence-corrected chi connectivity index (χ3v) is 9.79. The second kappa shape index (κ2) is 9.11. The van der Waals surface area contributed by atoms with Gasteiger partial charge in [0.2, 0.25) is 5.91 Å². The Kier molecular flexibility index (Phi) is 6.02. The van der Waals surface area contributed by atoms with Gasteiger partial charge in [0.25, 0.3) is 0 Å². The first-order chi connectivity index (χ1) is 18.9. The summed E-state index contributed by atoms with van der Waals surface area (Å²) in [5.41, 5.74) is 1.60. The van der Waals surface area contributed by atoms with E-state index < -0.39 is 39.8 Å². The lowest BCUT2D eigenvalue weighted by atomic mass is 9.77. The summed E-state index contributed by atoms with van der Waals surface area (Å²) in [6.45, 7) is 4.87. The summed E-state index contributed by atoms with van der Waals surface area (Å²) in [5.74, 6) is -1.93. The maximum atomic E-state index is 13.5. The molecule has 0 spiro atoms. The number of hydrogen-bond donors (Lipinski definition) is 1. The van der Waals surface area contributed by atoms with E-state index in [1.807, 2.05) is 6.92 Å². The fraction of sp³-hybridized carbons (Fsp3) is 0.333. The zero-order valence-electron chi connectivity index (χ0n) is 21.9. The number of ether oxygens (including phenoxy) is 2. The van der Waals surface area contributed by atoms with Crippen LogP contribution in [0.2, 0.25) is 0 Å². The van der Waals surface area contributed by atoms with E-state index in [2.05, 4.69) is 4.98 Å². The summed E-state index contributed by atoms with van der Waals surface area (Å²) in [5, 5.41) is 10.2. The summed E-state index contributed by atoms with van der Waals surface area (Å²) in [6.07, 6.45) is 3.36. The van der Waals surface area contributed by atoms with E-state index in [1.165, 1.54) is 17.9 Å². The van der Waals surface area contributed by atoms with E-state index in [4.69, 9.17) is 9.47 Å². The Morgan fingerprint density at radius 1 is 1.27 bits per heavy atom. The molecule has 3 aliphatic heterocycles. The molecule has 0 unspecified atom stereocenters. The van der Waals surface area contributed by atoms with Crippen LogP contribution in [0.15, 0.2) is 47.3 Å². The van der Waals surface area contributed by atoms with Gasteiger partial charge < -0.3 is 19.5 Å². The second-order valence-electron chi connectivity index (χ2n) is 10.1. The number of aromatic nitrogens is 2. The molecule has 1 amide bonds. The van der Waals surface area contributed by atoms with Gasteiger partial charge in [-0.25, -0.2) is 23.0 Å². The van der Waals surface area contributed by atoms with Crippen molar-refractivity contribution in [2.24, 2.45) is 11.8 Å². The van der Waals surface area contributed by atoms with Crippen molar-refractivity contribution in [1.82, 2.24) is 14.3 Å². The highest BCUT2D eigenvalue weighted by Gasteiger charge is 2.60. The van der Waals surface area contributed by atoms with Crippen LogP contribution in [0.4, 0.5) is 0 Å². The summed E-state index contributed by atoms with van der Waals surface area (Å²) in [6, 6.07) is 6.41. The second-order valence-corrected chi connectivity index (χ2v) is 13.1. The Morgan fingerprint density at radius 3 is 2.65 bits per heavy atom. The molecule has 208 valence electrons. The molecule has 1 saturated heterocycles. The maximum absolute atomic E-state index is 13.5. The minimum absolute atomic E-state index is 0.0534. The topological polar surface area (TPSA) is 145 Å². The van der Waals surface area contributed by atoms with Crippen LogP contribution in [0.25, 0.3) is 16.2 Å². The van der Waals surface area contributed by atoms with E-state index in [0.29, 0.717) is 32.2 Å². The number of fused-ring (bicyclic) bond motifs is 3. The molecule has 2 aromatic heterocycles. The number of aliphatic hydroxyl groups is 1. The number of nitrogens with zero attached hydrogens (tertiary/aromatic N) is 3. The predicted molar refractivity (Wildman–Crippen MR) is 144 cm³/mol. The number of thiazole rings is 1. The first-order valence-electron chi connectivity index (χ1n) is 12.5. The minimum atomic E-state index is -3.61. The number of β-lactam (4-membered cyclic amide) rings is 1. The molecule has 5 heterocycles. The standard InChI is InChI=1S/C27H25N3O8S2/c1-12-19(18-11-29-14(3)28-23(25(29)39-18)40(4,35)36)22(30-21(12)20(13(2)31)24(30)32)27(34)37-10-9-17-15-7-5-6-8-16(15)26(33)38-17/h5-9,11-13,20-21,31H,10H2,1-4H3/t12-,13+,20+,21+/m0/s1. The van der Waals surface area contributed by atoms with Gasteiger partial charge in [-0.15, -0.1) is 11.3 Å². The van der Waals surface area contributed by atoms with Gasteiger partial charge in [0.05, 0.1) is 28.5 Å². The molecule has 0 saturated carbocycles. The molecule has 4 atom stereocenters. The summed E-state index contributed by atoms with van der Waals surface area (Å²) < 4.78 is 37.2. The van der Waals surface area contributed by atoms with Gasteiger partial charge >= 0.3 is 11.9 Å². The SMILES string of the molecule is Cc1nc(S(C)(=O)=O)c2sc(C3=C(C(=O)OCC=C4OC(=O)c5ccccc54)N4C(=O)[C@H]([C@@H](C)O)[C@H]4[C@H]3C)cn12. The molecule has 1 aromatic carbocycles. The number of hydrogen-bond acceptors (Lipinski definition) is 10. The van der Waals surface area contributed by atoms with E-state index in [0.717, 1.165) is 17.6 Å². The lowest BCUT2D eigenvalue weighted by Crippen LogP contribution is -2.63. The first kappa shape index (κ1) is 26.4. The zero-order chi connectivity index (χ0) is 28.7. The van der Waals surface area contributed by atoms with Gasteiger partial charge in [-0.2, -0.15) is 0 Å². The Morgan fingerprint density at radius 2 is 1.98 bits per heavy atom. The molecule has 1 fully saturated rings. The quantitative estimate of drug-likeness (QED) is 0.342. The molecule has 1 N–H and O–H groups in total. The van der Waals surface area contributed by atoms with Crippen LogP contribution in [-0.2, 0) is 28.9 Å². The third-order valence-electron chi connectivity index (χ3n) is 7.55. The molecule has 40 heavy (non-hydrogen) atoms. The highest BCUT2D eigenvalue weighted by atomic mass is 32.2. The number of amides is 1. The number of cyclic esters (lactones) is 1. The number of carbonyl (C=O) groups excluding carboxylic acids is 3. The molecule has 0 radical (unpaired) electrons. The number of rotatable bonds is 6. The normalized spacial score (nSPS) is 23.9. The molecule has 3 aromatic rings. The van der Waals surface area contributed by atoms with E-state index in [-0.39, 0.29) is 34.9 Å². The van der Waals surface area contributed by atoms with E-state index >= 15 is 0 Å². The Balaban J connectivity index is 1.38. The number of carbonyl (C=O) groups is 3. The van der Waals surface area contributed by atoms with Crippen molar-refractivity contribution in [1.29, 1.82) is 0 Å². The number of imidazole rings is 1. The van der Waals surface area contributed by atoms with Crippen molar-refractivity contribution in [2.45, 2.75) is 37.9 Å². The van der Waals surface area contributed by atoms with Gasteiger partial charge in [0, 0.05) is 29.5 Å². The maximum Gasteiger partial charge on any atom is 0.355 e. The van der Waals surface area contributed by atoms with E-state index in [9.17, 15) is 27.9 Å². The fourth-order valence-electron chi connectivity index (χ4n) is 5.74. The fourth-order valence-corrected chi connectivity index (χ4v) is 8.21. The molecular weight excluding hydrogens is 558 g/mol. The molecule has 0 aliphatic carbocycles. The van der Waals surface area contributed by atoms with E-state index in [1.54, 1.807) is 41.8 Å². The largest absolute Gasteiger partial charge is 0.457 e. The molecule has 3 aliphatic rings. The minimum Gasteiger partial charge on any atom is -0.457 e. The molecule has 0 bridgehead atoms.